The van der Waals surface area contributed by atoms with Gasteiger partial charge < -0.3 is 9.88 Å². The molecule has 2 rings (SSSR count). The molecular formula is C12H18N4OS. The molecule has 1 N–H and O–H groups in total. The molecule has 1 aromatic heterocycles. The summed E-state index contributed by atoms with van der Waals surface area (Å²) >= 11 is 1.46. The van der Waals surface area contributed by atoms with Gasteiger partial charge >= 0.3 is 0 Å². The summed E-state index contributed by atoms with van der Waals surface area (Å²) in [4.78, 5) is 11.8. The molecule has 1 aromatic rings. The number of nitrogens with zero attached hydrogens (tertiary/aromatic N) is 3. The smallest absolute Gasteiger partial charge is 0.233 e. The van der Waals surface area contributed by atoms with E-state index in [0.717, 1.165) is 11.0 Å². The number of amides is 1. The first-order valence-electron chi connectivity index (χ1n) is 6.10. The summed E-state index contributed by atoms with van der Waals surface area (Å²) in [6.45, 7) is 7.91. The Hall–Kier alpha value is -1.30. The predicted molar refractivity (Wildman–Crippen MR) is 71.6 cm³/mol. The first-order valence-corrected chi connectivity index (χ1v) is 6.98. The van der Waals surface area contributed by atoms with Crippen molar-refractivity contribution in [2.75, 3.05) is 6.54 Å². The highest BCUT2D eigenvalue weighted by Crippen LogP contribution is 2.39. The number of thioether (sulfide) groups is 1. The van der Waals surface area contributed by atoms with Crippen LogP contribution < -0.4 is 5.32 Å². The van der Waals surface area contributed by atoms with Crippen molar-refractivity contribution in [3.05, 3.63) is 18.5 Å². The molecule has 0 unspecified atom stereocenters. The maximum Gasteiger partial charge on any atom is 0.233 e. The molecule has 5 nitrogen and oxygen atoms in total. The van der Waals surface area contributed by atoms with Gasteiger partial charge in [0.25, 0.3) is 0 Å². The summed E-state index contributed by atoms with van der Waals surface area (Å²) in [5.41, 5.74) is 0. The zero-order valence-electron chi connectivity index (χ0n) is 10.7. The third-order valence-corrected chi connectivity index (χ3v) is 3.88. The molecular weight excluding hydrogens is 248 g/mol. The van der Waals surface area contributed by atoms with Crippen LogP contribution in [0.2, 0.25) is 0 Å². The van der Waals surface area contributed by atoms with E-state index in [1.807, 2.05) is 13.8 Å². The Bertz CT molecular complexity index is 453. The maximum absolute atomic E-state index is 11.8. The Morgan fingerprint density at radius 2 is 2.39 bits per heavy atom. The van der Waals surface area contributed by atoms with Crippen molar-refractivity contribution in [1.29, 1.82) is 0 Å². The van der Waals surface area contributed by atoms with Crippen molar-refractivity contribution in [2.45, 2.75) is 43.1 Å². The minimum absolute atomic E-state index is 0.00269. The molecule has 1 heterocycles. The second-order valence-electron chi connectivity index (χ2n) is 4.42. The lowest BCUT2D eigenvalue weighted by Crippen LogP contribution is -2.31. The summed E-state index contributed by atoms with van der Waals surface area (Å²) in [5, 5.41) is 11.7. The number of hydrogen-bond acceptors (Lipinski definition) is 4. The van der Waals surface area contributed by atoms with Gasteiger partial charge in [-0.3, -0.25) is 4.79 Å². The monoisotopic (exact) mass is 266 g/mol. The van der Waals surface area contributed by atoms with Gasteiger partial charge in [0.15, 0.2) is 5.16 Å². The molecule has 98 valence electrons. The van der Waals surface area contributed by atoms with Crippen molar-refractivity contribution in [3.8, 4) is 0 Å². The number of aromatic nitrogens is 3. The van der Waals surface area contributed by atoms with E-state index in [1.165, 1.54) is 24.6 Å². The Morgan fingerprint density at radius 1 is 1.67 bits per heavy atom. The summed E-state index contributed by atoms with van der Waals surface area (Å²) in [6, 6.07) is 0.533. The van der Waals surface area contributed by atoms with Gasteiger partial charge in [-0.25, -0.2) is 0 Å². The molecule has 1 saturated carbocycles. The minimum Gasteiger partial charge on any atom is -0.352 e. The quantitative estimate of drug-likeness (QED) is 0.629. The van der Waals surface area contributed by atoms with Gasteiger partial charge in [-0.15, -0.1) is 16.8 Å². The van der Waals surface area contributed by atoms with E-state index in [2.05, 4.69) is 26.7 Å². The Kier molecular flexibility index (Phi) is 4.06. The lowest BCUT2D eigenvalue weighted by Gasteiger charge is -2.11. The average molecular weight is 266 g/mol. The predicted octanol–water partition coefficient (Wildman–Crippen LogP) is 1.70. The van der Waals surface area contributed by atoms with E-state index in [1.54, 1.807) is 6.08 Å². The lowest BCUT2D eigenvalue weighted by atomic mass is 10.4. The molecule has 0 radical (unpaired) electrons. The number of hydrogen-bond donors (Lipinski definition) is 1. The van der Waals surface area contributed by atoms with Gasteiger partial charge in [-0.2, -0.15) is 0 Å². The highest BCUT2D eigenvalue weighted by Gasteiger charge is 2.29. The van der Waals surface area contributed by atoms with Crippen LogP contribution in [-0.4, -0.2) is 32.5 Å². The van der Waals surface area contributed by atoms with E-state index in [9.17, 15) is 4.79 Å². The number of aryl methyl sites for hydroxylation is 1. The molecule has 0 aliphatic heterocycles. The number of nitrogens with one attached hydrogen (secondary N) is 1. The second-order valence-corrected chi connectivity index (χ2v) is 5.73. The lowest BCUT2D eigenvalue weighted by molar-refractivity contribution is -0.120. The molecule has 1 amide bonds. The van der Waals surface area contributed by atoms with Crippen LogP contribution in [0, 0.1) is 6.92 Å². The molecule has 6 heteroatoms. The molecule has 1 atom stereocenters. The molecule has 1 aliphatic rings. The topological polar surface area (TPSA) is 59.8 Å². The van der Waals surface area contributed by atoms with Gasteiger partial charge in [0, 0.05) is 12.6 Å². The fourth-order valence-electron chi connectivity index (χ4n) is 1.71. The van der Waals surface area contributed by atoms with Crippen LogP contribution in [0.25, 0.3) is 0 Å². The van der Waals surface area contributed by atoms with E-state index in [-0.39, 0.29) is 11.2 Å². The fourth-order valence-corrected chi connectivity index (χ4v) is 2.70. The highest BCUT2D eigenvalue weighted by atomic mass is 32.2. The normalized spacial score (nSPS) is 16.3. The number of carbonyl (C=O) groups excluding carboxylic acids is 1. The molecule has 0 bridgehead atoms. The Labute approximate surface area is 111 Å². The van der Waals surface area contributed by atoms with Crippen molar-refractivity contribution >= 4 is 17.7 Å². The van der Waals surface area contributed by atoms with Crippen molar-refractivity contribution in [1.82, 2.24) is 20.1 Å². The van der Waals surface area contributed by atoms with Gasteiger partial charge in [0.05, 0.1) is 5.25 Å². The zero-order valence-corrected chi connectivity index (χ0v) is 11.5. The van der Waals surface area contributed by atoms with Crippen molar-refractivity contribution in [3.63, 3.8) is 0 Å². The Balaban J connectivity index is 2.00. The standard InChI is InChI=1S/C12H18N4OS/c1-4-7-13-11(17)8(2)18-12-15-14-9(3)16(12)10-5-6-10/h4,8,10H,1,5-7H2,2-3H3,(H,13,17)/t8-/m0/s1. The minimum atomic E-state index is -0.175. The molecule has 1 fully saturated rings. The van der Waals surface area contributed by atoms with Crippen LogP contribution in [0.15, 0.2) is 17.8 Å². The second kappa shape index (κ2) is 5.56. The Morgan fingerprint density at radius 3 is 3.00 bits per heavy atom. The molecule has 1 aliphatic carbocycles. The summed E-state index contributed by atoms with van der Waals surface area (Å²) in [5.74, 6) is 0.932. The van der Waals surface area contributed by atoms with Crippen LogP contribution in [0.3, 0.4) is 0 Å². The largest absolute Gasteiger partial charge is 0.352 e. The fraction of sp³-hybridized carbons (Fsp3) is 0.583. The van der Waals surface area contributed by atoms with Gasteiger partial charge in [-0.1, -0.05) is 17.8 Å². The van der Waals surface area contributed by atoms with E-state index in [4.69, 9.17) is 0 Å². The first kappa shape index (κ1) is 13.1. The third-order valence-electron chi connectivity index (χ3n) is 2.82. The summed E-state index contributed by atoms with van der Waals surface area (Å²) in [6.07, 6.45) is 4.04. The van der Waals surface area contributed by atoms with Crippen LogP contribution >= 0.6 is 11.8 Å². The van der Waals surface area contributed by atoms with Gasteiger partial charge in [-0.05, 0) is 26.7 Å². The van der Waals surface area contributed by atoms with Crippen molar-refractivity contribution < 1.29 is 4.79 Å². The van der Waals surface area contributed by atoms with Crippen molar-refractivity contribution in [2.24, 2.45) is 0 Å². The van der Waals surface area contributed by atoms with Crippen LogP contribution in [0.4, 0.5) is 0 Å². The molecule has 0 saturated heterocycles. The summed E-state index contributed by atoms with van der Waals surface area (Å²) < 4.78 is 2.14. The molecule has 0 spiro atoms. The van der Waals surface area contributed by atoms with Gasteiger partial charge in [0.2, 0.25) is 5.91 Å². The summed E-state index contributed by atoms with van der Waals surface area (Å²) in [7, 11) is 0. The number of rotatable bonds is 6. The van der Waals surface area contributed by atoms with Gasteiger partial charge in [0.1, 0.15) is 5.82 Å². The van der Waals surface area contributed by atoms with E-state index in [0.29, 0.717) is 12.6 Å². The van der Waals surface area contributed by atoms with E-state index >= 15 is 0 Å². The maximum atomic E-state index is 11.8. The average Bonchev–Trinajstić information content (AvgIpc) is 3.12. The zero-order chi connectivity index (χ0) is 13.1. The van der Waals surface area contributed by atoms with Crippen LogP contribution in [-0.2, 0) is 4.79 Å². The van der Waals surface area contributed by atoms with E-state index < -0.39 is 0 Å². The molecule has 18 heavy (non-hydrogen) atoms. The highest BCUT2D eigenvalue weighted by molar-refractivity contribution is 8.00. The van der Waals surface area contributed by atoms with Crippen LogP contribution in [0.5, 0.6) is 0 Å². The molecule has 0 aromatic carbocycles. The number of carbonyl (C=O) groups is 1. The third kappa shape index (κ3) is 2.93. The SMILES string of the molecule is C=CCNC(=O)[C@H](C)Sc1nnc(C)n1C1CC1. The first-order chi connectivity index (χ1) is 8.63. The van der Waals surface area contributed by atoms with Crippen LogP contribution in [0.1, 0.15) is 31.6 Å².